The highest BCUT2D eigenvalue weighted by Gasteiger charge is 2.27. The SMILES string of the molecule is COc1cc(CC(=O)OCC(=O)N2CCC(C(=O)Nc3ccccc3)CC2)ccc1C. The van der Waals surface area contributed by atoms with Crippen LogP contribution in [0.1, 0.15) is 24.0 Å². The van der Waals surface area contributed by atoms with Gasteiger partial charge in [-0.25, -0.2) is 0 Å². The van der Waals surface area contributed by atoms with Gasteiger partial charge in [-0.15, -0.1) is 0 Å². The molecule has 1 fully saturated rings. The van der Waals surface area contributed by atoms with E-state index in [-0.39, 0.29) is 30.8 Å². The third-order valence-electron chi connectivity index (χ3n) is 5.44. The number of aryl methyl sites for hydroxylation is 1. The summed E-state index contributed by atoms with van der Waals surface area (Å²) >= 11 is 0. The van der Waals surface area contributed by atoms with E-state index in [0.29, 0.717) is 31.7 Å². The molecule has 0 spiro atoms. The number of esters is 1. The van der Waals surface area contributed by atoms with Crippen molar-refractivity contribution in [2.75, 3.05) is 32.1 Å². The van der Waals surface area contributed by atoms with E-state index in [0.717, 1.165) is 16.8 Å². The number of rotatable bonds is 7. The number of amides is 2. The fraction of sp³-hybridized carbons (Fsp3) is 0.375. The number of likely N-dealkylation sites (tertiary alicyclic amines) is 1. The van der Waals surface area contributed by atoms with Crippen molar-refractivity contribution in [3.8, 4) is 5.75 Å². The highest BCUT2D eigenvalue weighted by Crippen LogP contribution is 2.21. The number of carbonyl (C=O) groups excluding carboxylic acids is 3. The smallest absolute Gasteiger partial charge is 0.310 e. The lowest BCUT2D eigenvalue weighted by atomic mass is 9.95. The number of piperidine rings is 1. The Hall–Kier alpha value is -3.35. The van der Waals surface area contributed by atoms with E-state index in [2.05, 4.69) is 5.32 Å². The molecule has 1 aliphatic heterocycles. The fourth-order valence-corrected chi connectivity index (χ4v) is 3.58. The number of nitrogens with one attached hydrogen (secondary N) is 1. The molecular weight excluding hydrogens is 396 g/mol. The van der Waals surface area contributed by atoms with Crippen molar-refractivity contribution >= 4 is 23.5 Å². The summed E-state index contributed by atoms with van der Waals surface area (Å²) in [5.41, 5.74) is 2.52. The number of benzene rings is 2. The van der Waals surface area contributed by atoms with Gasteiger partial charge in [0.2, 0.25) is 5.91 Å². The lowest BCUT2D eigenvalue weighted by Gasteiger charge is -2.31. The zero-order valence-electron chi connectivity index (χ0n) is 17.9. The molecule has 0 radical (unpaired) electrons. The molecule has 1 aliphatic rings. The van der Waals surface area contributed by atoms with Gasteiger partial charge in [-0.3, -0.25) is 14.4 Å². The van der Waals surface area contributed by atoms with E-state index in [1.807, 2.05) is 49.4 Å². The van der Waals surface area contributed by atoms with Crippen molar-refractivity contribution in [1.29, 1.82) is 0 Å². The summed E-state index contributed by atoms with van der Waals surface area (Å²) in [6, 6.07) is 14.8. The van der Waals surface area contributed by atoms with E-state index >= 15 is 0 Å². The van der Waals surface area contributed by atoms with Crippen LogP contribution in [0.4, 0.5) is 5.69 Å². The second kappa shape index (κ2) is 10.6. The fourth-order valence-electron chi connectivity index (χ4n) is 3.58. The second-order valence-corrected chi connectivity index (χ2v) is 7.65. The highest BCUT2D eigenvalue weighted by molar-refractivity contribution is 5.92. The Morgan fingerprint density at radius 2 is 1.77 bits per heavy atom. The van der Waals surface area contributed by atoms with Crippen LogP contribution in [0.5, 0.6) is 5.75 Å². The highest BCUT2D eigenvalue weighted by atomic mass is 16.5. The van der Waals surface area contributed by atoms with Gasteiger partial charge in [0, 0.05) is 24.7 Å². The summed E-state index contributed by atoms with van der Waals surface area (Å²) in [5.74, 6) is -0.157. The first-order valence-corrected chi connectivity index (χ1v) is 10.4. The number of anilines is 1. The van der Waals surface area contributed by atoms with Gasteiger partial charge in [0.05, 0.1) is 13.5 Å². The van der Waals surface area contributed by atoms with E-state index in [1.165, 1.54) is 0 Å². The predicted molar refractivity (Wildman–Crippen MR) is 117 cm³/mol. The van der Waals surface area contributed by atoms with Gasteiger partial charge in [-0.05, 0) is 49.1 Å². The Labute approximate surface area is 182 Å². The largest absolute Gasteiger partial charge is 0.496 e. The normalized spacial score (nSPS) is 14.1. The van der Waals surface area contributed by atoms with Crippen LogP contribution in [0.25, 0.3) is 0 Å². The molecule has 2 aromatic rings. The van der Waals surface area contributed by atoms with Crippen molar-refractivity contribution in [1.82, 2.24) is 4.90 Å². The molecule has 0 atom stereocenters. The molecule has 7 heteroatoms. The first-order chi connectivity index (χ1) is 15.0. The minimum Gasteiger partial charge on any atom is -0.496 e. The second-order valence-electron chi connectivity index (χ2n) is 7.65. The van der Waals surface area contributed by atoms with Gasteiger partial charge in [-0.1, -0.05) is 30.3 Å². The molecular formula is C24H28N2O5. The number of hydrogen-bond acceptors (Lipinski definition) is 5. The van der Waals surface area contributed by atoms with Gasteiger partial charge in [0.25, 0.3) is 5.91 Å². The molecule has 0 bridgehead atoms. The van der Waals surface area contributed by atoms with E-state index in [4.69, 9.17) is 9.47 Å². The molecule has 7 nitrogen and oxygen atoms in total. The summed E-state index contributed by atoms with van der Waals surface area (Å²) in [6.07, 6.45) is 1.24. The average Bonchev–Trinajstić information content (AvgIpc) is 2.79. The first kappa shape index (κ1) is 22.3. The van der Waals surface area contributed by atoms with Crippen LogP contribution in [0.3, 0.4) is 0 Å². The molecule has 31 heavy (non-hydrogen) atoms. The molecule has 2 aromatic carbocycles. The minimum absolute atomic E-state index is 0.0294. The molecule has 164 valence electrons. The summed E-state index contributed by atoms with van der Waals surface area (Å²) < 4.78 is 10.4. The maximum Gasteiger partial charge on any atom is 0.310 e. The van der Waals surface area contributed by atoms with Crippen molar-refractivity contribution in [3.63, 3.8) is 0 Å². The van der Waals surface area contributed by atoms with Crippen molar-refractivity contribution < 1.29 is 23.9 Å². The molecule has 1 saturated heterocycles. The van der Waals surface area contributed by atoms with Crippen molar-refractivity contribution in [3.05, 3.63) is 59.7 Å². The van der Waals surface area contributed by atoms with Crippen LogP contribution in [-0.2, 0) is 25.5 Å². The topological polar surface area (TPSA) is 84.9 Å². The number of hydrogen-bond donors (Lipinski definition) is 1. The molecule has 3 rings (SSSR count). The lowest BCUT2D eigenvalue weighted by Crippen LogP contribution is -2.43. The van der Waals surface area contributed by atoms with Crippen molar-refractivity contribution in [2.24, 2.45) is 5.92 Å². The Kier molecular flexibility index (Phi) is 7.65. The predicted octanol–water partition coefficient (Wildman–Crippen LogP) is 2.97. The number of ether oxygens (including phenoxy) is 2. The lowest BCUT2D eigenvalue weighted by molar-refractivity contribution is -0.152. The quantitative estimate of drug-likeness (QED) is 0.691. The van der Waals surface area contributed by atoms with E-state index < -0.39 is 5.97 Å². The molecule has 0 aliphatic carbocycles. The van der Waals surface area contributed by atoms with Crippen molar-refractivity contribution in [2.45, 2.75) is 26.2 Å². The zero-order valence-corrected chi connectivity index (χ0v) is 17.9. The minimum atomic E-state index is -0.462. The summed E-state index contributed by atoms with van der Waals surface area (Å²) in [6.45, 7) is 2.58. The standard InChI is InChI=1S/C24H28N2O5/c1-17-8-9-18(14-21(17)30-2)15-23(28)31-16-22(27)26-12-10-19(11-13-26)24(29)25-20-6-4-3-5-7-20/h3-9,14,19H,10-13,15-16H2,1-2H3,(H,25,29). The summed E-state index contributed by atoms with van der Waals surface area (Å²) in [7, 11) is 1.58. The van der Waals surface area contributed by atoms with Crippen LogP contribution < -0.4 is 10.1 Å². The van der Waals surface area contributed by atoms with Gasteiger partial charge in [0.1, 0.15) is 5.75 Å². The Balaban J connectivity index is 1.40. The van der Waals surface area contributed by atoms with E-state index in [1.54, 1.807) is 18.1 Å². The molecule has 0 saturated carbocycles. The van der Waals surface area contributed by atoms with Crippen LogP contribution in [-0.4, -0.2) is 49.5 Å². The van der Waals surface area contributed by atoms with Gasteiger partial charge in [-0.2, -0.15) is 0 Å². The third kappa shape index (κ3) is 6.31. The maximum atomic E-state index is 12.4. The molecule has 1 N–H and O–H groups in total. The van der Waals surface area contributed by atoms with Crippen LogP contribution in [0.15, 0.2) is 48.5 Å². The molecule has 0 aromatic heterocycles. The average molecular weight is 424 g/mol. The monoisotopic (exact) mass is 424 g/mol. The van der Waals surface area contributed by atoms with E-state index in [9.17, 15) is 14.4 Å². The van der Waals surface area contributed by atoms with Gasteiger partial charge >= 0.3 is 5.97 Å². The number of methoxy groups -OCH3 is 1. The Morgan fingerprint density at radius 3 is 2.45 bits per heavy atom. The first-order valence-electron chi connectivity index (χ1n) is 10.4. The number of carbonyl (C=O) groups is 3. The zero-order chi connectivity index (χ0) is 22.2. The summed E-state index contributed by atoms with van der Waals surface area (Å²) in [4.78, 5) is 38.6. The van der Waals surface area contributed by atoms with Crippen LogP contribution >= 0.6 is 0 Å². The molecule has 1 heterocycles. The number of para-hydroxylation sites is 1. The number of nitrogens with zero attached hydrogens (tertiary/aromatic N) is 1. The third-order valence-corrected chi connectivity index (χ3v) is 5.44. The summed E-state index contributed by atoms with van der Waals surface area (Å²) in [5, 5.41) is 2.91. The van der Waals surface area contributed by atoms with Gasteiger partial charge < -0.3 is 19.7 Å². The molecule has 2 amide bonds. The molecule has 0 unspecified atom stereocenters. The van der Waals surface area contributed by atoms with Gasteiger partial charge in [0.15, 0.2) is 6.61 Å². The Morgan fingerprint density at radius 1 is 1.06 bits per heavy atom. The van der Waals surface area contributed by atoms with Crippen LogP contribution in [0, 0.1) is 12.8 Å². The maximum absolute atomic E-state index is 12.4. The Bertz CT molecular complexity index is 921. The van der Waals surface area contributed by atoms with Crippen LogP contribution in [0.2, 0.25) is 0 Å².